The highest BCUT2D eigenvalue weighted by Crippen LogP contribution is 2.36. The molecule has 8 heteroatoms. The first-order valence-corrected chi connectivity index (χ1v) is 11.4. The van der Waals surface area contributed by atoms with Crippen molar-refractivity contribution in [3.63, 3.8) is 0 Å². The summed E-state index contributed by atoms with van der Waals surface area (Å²) in [6, 6.07) is 5.32. The third kappa shape index (κ3) is 4.51. The van der Waals surface area contributed by atoms with Crippen molar-refractivity contribution in [2.75, 3.05) is 25.5 Å². The van der Waals surface area contributed by atoms with Crippen molar-refractivity contribution in [1.82, 2.24) is 24.8 Å². The van der Waals surface area contributed by atoms with Gasteiger partial charge in [0.25, 0.3) is 11.5 Å². The molecule has 8 nitrogen and oxygen atoms in total. The number of nitrogens with one attached hydrogen (secondary N) is 1. The molecule has 4 rings (SSSR count). The molecular formula is C25H30N6O2. The van der Waals surface area contributed by atoms with Crippen molar-refractivity contribution in [1.29, 1.82) is 0 Å². The number of rotatable bonds is 5. The Hall–Kier alpha value is -3.55. The minimum absolute atomic E-state index is 0.184. The van der Waals surface area contributed by atoms with E-state index < -0.39 is 0 Å². The molecule has 1 unspecified atom stereocenters. The van der Waals surface area contributed by atoms with Gasteiger partial charge in [0, 0.05) is 50.5 Å². The first kappa shape index (κ1) is 22.6. The van der Waals surface area contributed by atoms with Gasteiger partial charge in [0.05, 0.1) is 11.7 Å². The number of carbonyl (C=O) groups is 1. The molecule has 0 aliphatic carbocycles. The lowest BCUT2D eigenvalue weighted by Crippen LogP contribution is -2.41. The lowest BCUT2D eigenvalue weighted by Gasteiger charge is -2.36. The molecule has 1 atom stereocenters. The van der Waals surface area contributed by atoms with E-state index in [9.17, 15) is 9.59 Å². The van der Waals surface area contributed by atoms with E-state index in [4.69, 9.17) is 4.98 Å². The average Bonchev–Trinajstić information content (AvgIpc) is 2.84. The Bertz CT molecular complexity index is 1210. The van der Waals surface area contributed by atoms with Gasteiger partial charge in [0.15, 0.2) is 0 Å². The summed E-state index contributed by atoms with van der Waals surface area (Å²) in [5, 5.41) is 0. The van der Waals surface area contributed by atoms with Crippen molar-refractivity contribution in [2.45, 2.75) is 45.6 Å². The van der Waals surface area contributed by atoms with E-state index in [0.717, 1.165) is 47.3 Å². The van der Waals surface area contributed by atoms with Gasteiger partial charge in [-0.2, -0.15) is 0 Å². The summed E-state index contributed by atoms with van der Waals surface area (Å²) in [6.45, 7) is 4.49. The maximum absolute atomic E-state index is 13.7. The van der Waals surface area contributed by atoms with Crippen LogP contribution in [0.1, 0.15) is 59.5 Å². The summed E-state index contributed by atoms with van der Waals surface area (Å²) < 4.78 is 0. The number of amides is 1. The van der Waals surface area contributed by atoms with Gasteiger partial charge in [0.1, 0.15) is 5.56 Å². The third-order valence-corrected chi connectivity index (χ3v) is 6.21. The maximum Gasteiger partial charge on any atom is 0.261 e. The summed E-state index contributed by atoms with van der Waals surface area (Å²) in [7, 11) is 3.79. The molecule has 3 aromatic heterocycles. The number of aromatic nitrogens is 4. The molecule has 0 bridgehead atoms. The fraction of sp³-hybridized carbons (Fsp3) is 0.400. The number of aryl methyl sites for hydroxylation is 2. The second-order valence-corrected chi connectivity index (χ2v) is 8.64. The van der Waals surface area contributed by atoms with E-state index in [2.05, 4.69) is 15.0 Å². The SMILES string of the molecule is CCc1[nH]c(=O)c(C(=O)N2CCCCC2c2nc(N(C)C)ncc2-c2ccncc2)cc1C. The van der Waals surface area contributed by atoms with Crippen LogP contribution in [0.25, 0.3) is 11.1 Å². The van der Waals surface area contributed by atoms with Crippen molar-refractivity contribution in [3.8, 4) is 11.1 Å². The fourth-order valence-corrected chi connectivity index (χ4v) is 4.42. The number of carbonyl (C=O) groups excluding carboxylic acids is 1. The molecule has 0 spiro atoms. The minimum atomic E-state index is -0.335. The predicted octanol–water partition coefficient (Wildman–Crippen LogP) is 3.53. The van der Waals surface area contributed by atoms with Crippen LogP contribution < -0.4 is 10.5 Å². The van der Waals surface area contributed by atoms with Gasteiger partial charge in [0.2, 0.25) is 5.95 Å². The number of piperidine rings is 1. The summed E-state index contributed by atoms with van der Waals surface area (Å²) in [5.41, 5.74) is 4.25. The van der Waals surface area contributed by atoms with Crippen molar-refractivity contribution in [3.05, 3.63) is 69.7 Å². The average molecular weight is 447 g/mol. The van der Waals surface area contributed by atoms with Crippen LogP contribution in [0, 0.1) is 6.92 Å². The summed E-state index contributed by atoms with van der Waals surface area (Å²) in [6.07, 6.45) is 8.65. The lowest BCUT2D eigenvalue weighted by atomic mass is 9.93. The Labute approximate surface area is 193 Å². The summed E-state index contributed by atoms with van der Waals surface area (Å²) >= 11 is 0. The minimum Gasteiger partial charge on any atom is -0.347 e. The Balaban J connectivity index is 1.81. The first-order chi connectivity index (χ1) is 15.9. The zero-order valence-corrected chi connectivity index (χ0v) is 19.6. The van der Waals surface area contributed by atoms with Crippen molar-refractivity contribution in [2.24, 2.45) is 0 Å². The zero-order chi connectivity index (χ0) is 23.5. The van der Waals surface area contributed by atoms with E-state index >= 15 is 0 Å². The van der Waals surface area contributed by atoms with E-state index in [0.29, 0.717) is 18.9 Å². The van der Waals surface area contributed by atoms with Crippen LogP contribution in [0.15, 0.2) is 41.6 Å². The molecule has 4 heterocycles. The van der Waals surface area contributed by atoms with Crippen LogP contribution in [0.5, 0.6) is 0 Å². The zero-order valence-electron chi connectivity index (χ0n) is 19.6. The smallest absolute Gasteiger partial charge is 0.261 e. The number of pyridine rings is 2. The summed E-state index contributed by atoms with van der Waals surface area (Å²) in [5.74, 6) is 0.333. The molecule has 3 aromatic rings. The highest BCUT2D eigenvalue weighted by Gasteiger charge is 2.33. The molecule has 1 saturated heterocycles. The topological polar surface area (TPSA) is 95.1 Å². The monoisotopic (exact) mass is 446 g/mol. The van der Waals surface area contributed by atoms with Crippen LogP contribution in [0.4, 0.5) is 5.95 Å². The van der Waals surface area contributed by atoms with Gasteiger partial charge < -0.3 is 14.8 Å². The molecular weight excluding hydrogens is 416 g/mol. The lowest BCUT2D eigenvalue weighted by molar-refractivity contribution is 0.0604. The van der Waals surface area contributed by atoms with Crippen LogP contribution in [-0.2, 0) is 6.42 Å². The highest BCUT2D eigenvalue weighted by atomic mass is 16.2. The van der Waals surface area contributed by atoms with E-state index in [-0.39, 0.29) is 23.1 Å². The number of H-pyrrole nitrogens is 1. The van der Waals surface area contributed by atoms with Crippen LogP contribution in [-0.4, -0.2) is 51.4 Å². The van der Waals surface area contributed by atoms with Crippen LogP contribution in [0.3, 0.4) is 0 Å². The number of anilines is 1. The van der Waals surface area contributed by atoms with E-state index in [1.165, 1.54) is 0 Å². The first-order valence-electron chi connectivity index (χ1n) is 11.4. The highest BCUT2D eigenvalue weighted by molar-refractivity contribution is 5.94. The molecule has 172 valence electrons. The Morgan fingerprint density at radius 3 is 2.70 bits per heavy atom. The van der Waals surface area contributed by atoms with Crippen molar-refractivity contribution >= 4 is 11.9 Å². The van der Waals surface area contributed by atoms with Gasteiger partial charge >= 0.3 is 0 Å². The fourth-order valence-electron chi connectivity index (χ4n) is 4.42. The summed E-state index contributed by atoms with van der Waals surface area (Å²) in [4.78, 5) is 46.5. The predicted molar refractivity (Wildman–Crippen MR) is 128 cm³/mol. The molecule has 33 heavy (non-hydrogen) atoms. The largest absolute Gasteiger partial charge is 0.347 e. The molecule has 0 aromatic carbocycles. The van der Waals surface area contributed by atoms with Gasteiger partial charge in [-0.1, -0.05) is 6.92 Å². The Morgan fingerprint density at radius 2 is 2.00 bits per heavy atom. The molecule has 1 N–H and O–H groups in total. The second kappa shape index (κ2) is 9.52. The molecule has 1 aliphatic rings. The normalized spacial score (nSPS) is 16.0. The van der Waals surface area contributed by atoms with Gasteiger partial charge in [-0.05, 0) is 61.9 Å². The van der Waals surface area contributed by atoms with Crippen LogP contribution >= 0.6 is 0 Å². The van der Waals surface area contributed by atoms with Crippen LogP contribution in [0.2, 0.25) is 0 Å². The third-order valence-electron chi connectivity index (χ3n) is 6.21. The maximum atomic E-state index is 13.7. The molecule has 0 saturated carbocycles. The molecule has 1 aliphatic heterocycles. The number of hydrogen-bond donors (Lipinski definition) is 1. The molecule has 0 radical (unpaired) electrons. The van der Waals surface area contributed by atoms with E-state index in [1.54, 1.807) is 18.5 Å². The van der Waals surface area contributed by atoms with Gasteiger partial charge in [-0.15, -0.1) is 0 Å². The molecule has 1 fully saturated rings. The molecule has 1 amide bonds. The number of likely N-dealkylation sites (tertiary alicyclic amines) is 1. The number of nitrogens with zero attached hydrogens (tertiary/aromatic N) is 5. The number of aromatic amines is 1. The Kier molecular flexibility index (Phi) is 6.53. The number of hydrogen-bond acceptors (Lipinski definition) is 6. The quantitative estimate of drug-likeness (QED) is 0.644. The Morgan fingerprint density at radius 1 is 1.24 bits per heavy atom. The second-order valence-electron chi connectivity index (χ2n) is 8.64. The van der Waals surface area contributed by atoms with Gasteiger partial charge in [-0.25, -0.2) is 9.97 Å². The van der Waals surface area contributed by atoms with Gasteiger partial charge in [-0.3, -0.25) is 14.6 Å². The van der Waals surface area contributed by atoms with E-state index in [1.807, 2.05) is 56.1 Å². The standard InChI is InChI=1S/C25H30N6O2/c1-5-20-16(2)14-18(23(32)28-20)24(33)31-13-7-6-8-21(31)22-19(17-9-11-26-12-10-17)15-27-25(29-22)30(3)4/h9-12,14-15,21H,5-8,13H2,1-4H3,(H,28,32). The van der Waals surface area contributed by atoms with Crippen molar-refractivity contribution < 1.29 is 4.79 Å².